The number of carbonyl (C=O) groups is 2. The Kier molecular flexibility index (Phi) is 4.25. The van der Waals surface area contributed by atoms with Crippen LogP contribution in [0.2, 0.25) is 0 Å². The Balaban J connectivity index is 1.92. The Morgan fingerprint density at radius 3 is 2.71 bits per heavy atom. The van der Waals surface area contributed by atoms with Crippen LogP contribution in [0, 0.1) is 0 Å². The molecule has 0 unspecified atom stereocenters. The lowest BCUT2D eigenvalue weighted by Crippen LogP contribution is -2.12. The highest BCUT2D eigenvalue weighted by molar-refractivity contribution is 7.12. The third-order valence-electron chi connectivity index (χ3n) is 3.14. The van der Waals surface area contributed by atoms with Crippen LogP contribution in [0.25, 0.3) is 11.3 Å². The van der Waals surface area contributed by atoms with Crippen LogP contribution in [0.15, 0.2) is 35.7 Å². The van der Waals surface area contributed by atoms with Crippen molar-refractivity contribution in [2.24, 2.45) is 5.73 Å². The molecule has 0 bridgehead atoms. The van der Waals surface area contributed by atoms with Crippen LogP contribution in [0.4, 0.5) is 0 Å². The summed E-state index contributed by atoms with van der Waals surface area (Å²) in [5.74, 6) is -0.610. The summed E-state index contributed by atoms with van der Waals surface area (Å²) in [6.07, 6.45) is 0. The van der Waals surface area contributed by atoms with Crippen LogP contribution in [0.5, 0.6) is 11.5 Å². The lowest BCUT2D eigenvalue weighted by Gasteiger charge is -2.10. The van der Waals surface area contributed by atoms with Crippen LogP contribution in [0.1, 0.15) is 20.2 Å². The monoisotopic (exact) mass is 344 g/mol. The van der Waals surface area contributed by atoms with E-state index in [9.17, 15) is 9.59 Å². The highest BCUT2D eigenvalue weighted by Gasteiger charge is 2.18. The second-order valence-corrected chi connectivity index (χ2v) is 5.57. The molecule has 3 rings (SSSR count). The molecule has 1 amide bonds. The van der Waals surface area contributed by atoms with Gasteiger partial charge in [0.15, 0.2) is 17.2 Å². The number of benzene rings is 1. The Morgan fingerprint density at radius 2 is 2.04 bits per heavy atom. The highest BCUT2D eigenvalue weighted by Crippen LogP contribution is 2.33. The van der Waals surface area contributed by atoms with Gasteiger partial charge in [0.05, 0.1) is 7.11 Å². The molecule has 8 nitrogen and oxygen atoms in total. The first-order chi connectivity index (χ1) is 11.6. The van der Waals surface area contributed by atoms with Crippen molar-refractivity contribution in [2.75, 3.05) is 7.11 Å². The van der Waals surface area contributed by atoms with Gasteiger partial charge in [-0.25, -0.2) is 4.79 Å². The molecule has 0 aliphatic rings. The fourth-order valence-corrected chi connectivity index (χ4v) is 2.65. The summed E-state index contributed by atoms with van der Waals surface area (Å²) in [5, 5.41) is 11.8. The second kappa shape index (κ2) is 6.50. The summed E-state index contributed by atoms with van der Waals surface area (Å²) in [5.41, 5.74) is 6.11. The molecule has 0 saturated carbocycles. The van der Waals surface area contributed by atoms with Crippen molar-refractivity contribution in [3.8, 4) is 22.8 Å². The number of hydrogen-bond donors (Lipinski definition) is 2. The number of H-pyrrole nitrogens is 1. The zero-order valence-electron chi connectivity index (χ0n) is 12.5. The van der Waals surface area contributed by atoms with Gasteiger partial charge < -0.3 is 15.2 Å². The third-order valence-corrected chi connectivity index (χ3v) is 3.99. The number of esters is 1. The molecule has 0 saturated heterocycles. The number of aromatic nitrogens is 3. The molecule has 122 valence electrons. The summed E-state index contributed by atoms with van der Waals surface area (Å²) in [4.78, 5) is 23.9. The topological polar surface area (TPSA) is 120 Å². The number of ether oxygens (including phenoxy) is 2. The maximum absolute atomic E-state index is 12.0. The third kappa shape index (κ3) is 2.97. The molecule has 0 spiro atoms. The first-order valence-corrected chi connectivity index (χ1v) is 7.62. The molecule has 24 heavy (non-hydrogen) atoms. The fourth-order valence-electron chi connectivity index (χ4n) is 2.05. The number of rotatable bonds is 5. The second-order valence-electron chi connectivity index (χ2n) is 4.62. The van der Waals surface area contributed by atoms with E-state index >= 15 is 0 Å². The van der Waals surface area contributed by atoms with Gasteiger partial charge in [-0.2, -0.15) is 15.4 Å². The molecule has 0 aliphatic carbocycles. The van der Waals surface area contributed by atoms with Crippen molar-refractivity contribution in [1.82, 2.24) is 15.4 Å². The van der Waals surface area contributed by atoms with Gasteiger partial charge in [0.1, 0.15) is 10.6 Å². The number of carbonyl (C=O) groups excluding carboxylic acids is 2. The van der Waals surface area contributed by atoms with E-state index in [1.807, 2.05) is 0 Å². The van der Waals surface area contributed by atoms with E-state index in [-0.39, 0.29) is 17.1 Å². The lowest BCUT2D eigenvalue weighted by atomic mass is 10.1. The number of amides is 1. The lowest BCUT2D eigenvalue weighted by molar-refractivity contribution is 0.0734. The van der Waals surface area contributed by atoms with Crippen LogP contribution < -0.4 is 15.2 Å². The van der Waals surface area contributed by atoms with Gasteiger partial charge in [-0.1, -0.05) is 6.07 Å². The molecule has 2 aromatic heterocycles. The molecular formula is C15H12N4O4S. The van der Waals surface area contributed by atoms with Crippen LogP contribution >= 0.6 is 11.3 Å². The molecule has 0 fully saturated rings. The van der Waals surface area contributed by atoms with Gasteiger partial charge in [0, 0.05) is 5.56 Å². The average molecular weight is 344 g/mol. The predicted molar refractivity (Wildman–Crippen MR) is 86.2 cm³/mol. The van der Waals surface area contributed by atoms with Crippen molar-refractivity contribution in [3.63, 3.8) is 0 Å². The highest BCUT2D eigenvalue weighted by atomic mass is 32.1. The van der Waals surface area contributed by atoms with Crippen LogP contribution in [-0.2, 0) is 0 Å². The van der Waals surface area contributed by atoms with Gasteiger partial charge in [-0.05, 0) is 29.6 Å². The predicted octanol–water partition coefficient (Wildman–Crippen LogP) is 1.86. The van der Waals surface area contributed by atoms with E-state index in [1.54, 1.807) is 35.7 Å². The molecule has 0 radical (unpaired) electrons. The van der Waals surface area contributed by atoms with Crippen molar-refractivity contribution >= 4 is 23.2 Å². The smallest absolute Gasteiger partial charge is 0.353 e. The minimum atomic E-state index is -0.703. The Hall–Kier alpha value is -3.20. The Bertz CT molecular complexity index is 889. The largest absolute Gasteiger partial charge is 0.493 e. The standard InChI is InChI=1S/C15H12N4O4S/c1-22-10-7-8(12-13(14(16)20)18-19-17-12)4-5-9(10)23-15(21)11-3-2-6-24-11/h2-7H,1H3,(H2,16,20)(H,17,18,19). The summed E-state index contributed by atoms with van der Waals surface area (Å²) in [6, 6.07) is 8.20. The van der Waals surface area contributed by atoms with Gasteiger partial charge >= 0.3 is 5.97 Å². The number of aromatic amines is 1. The van der Waals surface area contributed by atoms with Gasteiger partial charge in [0.25, 0.3) is 5.91 Å². The first-order valence-electron chi connectivity index (χ1n) is 6.75. The SMILES string of the molecule is COc1cc(-c2n[nH]nc2C(N)=O)ccc1OC(=O)c1cccs1. The average Bonchev–Trinajstić information content (AvgIpc) is 3.26. The minimum Gasteiger partial charge on any atom is -0.493 e. The summed E-state index contributed by atoms with van der Waals surface area (Å²) < 4.78 is 10.6. The first kappa shape index (κ1) is 15.7. The van der Waals surface area contributed by atoms with Gasteiger partial charge in [0.2, 0.25) is 0 Å². The van der Waals surface area contributed by atoms with Crippen molar-refractivity contribution in [1.29, 1.82) is 0 Å². The Morgan fingerprint density at radius 1 is 1.21 bits per heavy atom. The maximum atomic E-state index is 12.0. The number of nitrogens with two attached hydrogens (primary N) is 1. The van der Waals surface area contributed by atoms with Gasteiger partial charge in [-0.3, -0.25) is 4.79 Å². The number of nitrogens with one attached hydrogen (secondary N) is 1. The van der Waals surface area contributed by atoms with E-state index in [0.717, 1.165) is 0 Å². The molecule has 1 aromatic carbocycles. The van der Waals surface area contributed by atoms with E-state index < -0.39 is 11.9 Å². The van der Waals surface area contributed by atoms with E-state index in [1.165, 1.54) is 18.4 Å². The van der Waals surface area contributed by atoms with Crippen molar-refractivity contribution in [3.05, 3.63) is 46.3 Å². The number of nitrogens with zero attached hydrogens (tertiary/aromatic N) is 2. The number of methoxy groups -OCH3 is 1. The summed E-state index contributed by atoms with van der Waals surface area (Å²) >= 11 is 1.28. The molecule has 2 heterocycles. The van der Waals surface area contributed by atoms with Crippen LogP contribution in [-0.4, -0.2) is 34.4 Å². The molecule has 0 atom stereocenters. The fraction of sp³-hybridized carbons (Fsp3) is 0.0667. The number of hydrogen-bond acceptors (Lipinski definition) is 7. The quantitative estimate of drug-likeness (QED) is 0.538. The molecule has 9 heteroatoms. The zero-order valence-corrected chi connectivity index (χ0v) is 13.3. The zero-order chi connectivity index (χ0) is 17.1. The normalized spacial score (nSPS) is 10.4. The summed E-state index contributed by atoms with van der Waals surface area (Å²) in [7, 11) is 1.44. The molecular weight excluding hydrogens is 332 g/mol. The maximum Gasteiger partial charge on any atom is 0.353 e. The molecule has 3 N–H and O–H groups in total. The molecule has 0 aliphatic heterocycles. The number of thiophene rings is 1. The number of primary amides is 1. The van der Waals surface area contributed by atoms with E-state index in [4.69, 9.17) is 15.2 Å². The Labute approximate surface area is 140 Å². The molecule has 3 aromatic rings. The van der Waals surface area contributed by atoms with Gasteiger partial charge in [-0.15, -0.1) is 11.3 Å². The van der Waals surface area contributed by atoms with E-state index in [2.05, 4.69) is 15.4 Å². The summed E-state index contributed by atoms with van der Waals surface area (Å²) in [6.45, 7) is 0. The minimum absolute atomic E-state index is 0.0142. The van der Waals surface area contributed by atoms with E-state index in [0.29, 0.717) is 16.2 Å². The van der Waals surface area contributed by atoms with Crippen LogP contribution in [0.3, 0.4) is 0 Å². The van der Waals surface area contributed by atoms with Crippen molar-refractivity contribution < 1.29 is 19.1 Å². The van der Waals surface area contributed by atoms with Crippen molar-refractivity contribution in [2.45, 2.75) is 0 Å².